The predicted octanol–water partition coefficient (Wildman–Crippen LogP) is 4.51. The van der Waals surface area contributed by atoms with Crippen molar-refractivity contribution in [3.8, 4) is 0 Å². The molecule has 0 N–H and O–H groups in total. The molecule has 1 unspecified atom stereocenters. The van der Waals surface area contributed by atoms with Gasteiger partial charge in [0, 0.05) is 16.8 Å². The Morgan fingerprint density at radius 1 is 1.17 bits per heavy atom. The van der Waals surface area contributed by atoms with Crippen LogP contribution in [0.15, 0.2) is 0 Å². The lowest BCUT2D eigenvalue weighted by atomic mass is 10.6. The van der Waals surface area contributed by atoms with Gasteiger partial charge in [-0.05, 0) is 5.75 Å². The highest BCUT2D eigenvalue weighted by Gasteiger charge is 1.91. The van der Waals surface area contributed by atoms with E-state index >= 15 is 0 Å². The summed E-state index contributed by atoms with van der Waals surface area (Å²) in [6.45, 7) is 2.11. The summed E-state index contributed by atoms with van der Waals surface area (Å²) in [4.78, 5) is 0. The van der Waals surface area contributed by atoms with Crippen molar-refractivity contribution in [2.24, 2.45) is 0 Å². The molecule has 0 spiro atoms. The Bertz CT molecular complexity index is 47.0. The van der Waals surface area contributed by atoms with Crippen molar-refractivity contribution in [1.82, 2.24) is 0 Å². The lowest BCUT2D eigenvalue weighted by Crippen LogP contribution is -1.95. The number of thioether (sulfide) groups is 1. The highest BCUT2D eigenvalue weighted by atomic mass is 32.2. The van der Waals surface area contributed by atoms with Crippen LogP contribution in [0.2, 0.25) is 0 Å². The van der Waals surface area contributed by atoms with E-state index in [1.165, 1.54) is 0 Å². The summed E-state index contributed by atoms with van der Waals surface area (Å²) in [5, 5.41) is 0.528. The molecule has 0 bridgehead atoms. The molecule has 0 aromatic carbocycles. The zero-order chi connectivity index (χ0) is 6.41. The summed E-state index contributed by atoms with van der Waals surface area (Å²) in [5.41, 5.74) is 0. The molecule has 0 aromatic heterocycles. The molecular formula is C9H28S3. The largest absolute Gasteiger partial charge is 0.179 e. The Hall–Kier alpha value is 1.05. The molecule has 82 valence electrons. The van der Waals surface area contributed by atoms with Crippen LogP contribution >= 0.6 is 37.0 Å². The average molecular weight is 233 g/mol. The van der Waals surface area contributed by atoms with Crippen LogP contribution in [0.3, 0.4) is 0 Å². The van der Waals surface area contributed by atoms with Crippen LogP contribution in [0.25, 0.3) is 0 Å². The maximum Gasteiger partial charge on any atom is 0.00791 e. The van der Waals surface area contributed by atoms with Crippen molar-refractivity contribution in [3.63, 3.8) is 0 Å². The van der Waals surface area contributed by atoms with Crippen LogP contribution in [0.5, 0.6) is 0 Å². The molecule has 0 aliphatic rings. The molecule has 0 aliphatic heterocycles. The molecule has 0 saturated heterocycles. The normalized spacial score (nSPS) is 9.25. The average Bonchev–Trinajstić information content (AvgIpc) is 1.66. The van der Waals surface area contributed by atoms with Crippen LogP contribution in [-0.2, 0) is 0 Å². The Balaban J connectivity index is -0.0000000408. The van der Waals surface area contributed by atoms with Gasteiger partial charge in [0.25, 0.3) is 0 Å². The third kappa shape index (κ3) is 30.5. The van der Waals surface area contributed by atoms with Gasteiger partial charge in [-0.15, -0.1) is 0 Å². The van der Waals surface area contributed by atoms with E-state index < -0.39 is 0 Å². The van der Waals surface area contributed by atoms with Gasteiger partial charge in [0.05, 0.1) is 0 Å². The SMILES string of the molecule is C.C.C.C.CC(S)CSCCS. The maximum atomic E-state index is 4.23. The Kier molecular flexibility index (Phi) is 55.3. The zero-order valence-electron chi connectivity index (χ0n) is 5.00. The molecule has 0 radical (unpaired) electrons. The molecule has 0 aliphatic carbocycles. The number of hydrogen-bond donors (Lipinski definition) is 2. The van der Waals surface area contributed by atoms with Gasteiger partial charge in [-0.1, -0.05) is 36.6 Å². The maximum absolute atomic E-state index is 4.23. The van der Waals surface area contributed by atoms with Crippen molar-refractivity contribution < 1.29 is 0 Å². The van der Waals surface area contributed by atoms with E-state index in [0.717, 1.165) is 17.3 Å². The molecule has 0 rings (SSSR count). The predicted molar refractivity (Wildman–Crippen MR) is 76.6 cm³/mol. The molecule has 12 heavy (non-hydrogen) atoms. The highest BCUT2D eigenvalue weighted by Crippen LogP contribution is 2.06. The second-order valence-electron chi connectivity index (χ2n) is 1.65. The fraction of sp³-hybridized carbons (Fsp3) is 1.00. The monoisotopic (exact) mass is 232 g/mol. The molecule has 1 atom stereocenters. The minimum atomic E-state index is 0. The van der Waals surface area contributed by atoms with E-state index in [4.69, 9.17) is 0 Å². The second kappa shape index (κ2) is 22.7. The standard InChI is InChI=1S/C5H12S3.4CH4/c1-5(7)4-8-3-2-6;;;;/h5-7H,2-4H2,1H3;4*1H4. The Morgan fingerprint density at radius 2 is 1.58 bits per heavy atom. The zero-order valence-corrected chi connectivity index (χ0v) is 7.61. The van der Waals surface area contributed by atoms with Crippen molar-refractivity contribution in [2.45, 2.75) is 41.9 Å². The van der Waals surface area contributed by atoms with Gasteiger partial charge in [-0.3, -0.25) is 0 Å². The summed E-state index contributed by atoms with van der Waals surface area (Å²) in [5.74, 6) is 3.27. The van der Waals surface area contributed by atoms with Crippen LogP contribution in [-0.4, -0.2) is 22.5 Å². The van der Waals surface area contributed by atoms with Gasteiger partial charge < -0.3 is 0 Å². The van der Waals surface area contributed by atoms with Crippen molar-refractivity contribution in [1.29, 1.82) is 0 Å². The Labute approximate surface area is 96.1 Å². The lowest BCUT2D eigenvalue weighted by Gasteiger charge is -1.99. The molecule has 3 heteroatoms. The van der Waals surface area contributed by atoms with Gasteiger partial charge in [-0.25, -0.2) is 0 Å². The van der Waals surface area contributed by atoms with Gasteiger partial charge in [0.15, 0.2) is 0 Å². The highest BCUT2D eigenvalue weighted by molar-refractivity contribution is 8.00. The number of hydrogen-bond acceptors (Lipinski definition) is 3. The number of rotatable bonds is 4. The van der Waals surface area contributed by atoms with E-state index in [-0.39, 0.29) is 29.7 Å². The van der Waals surface area contributed by atoms with Crippen LogP contribution in [0.1, 0.15) is 36.6 Å². The summed E-state index contributed by atoms with van der Waals surface area (Å²) in [6, 6.07) is 0. The molecule has 0 nitrogen and oxygen atoms in total. The molecular weight excluding hydrogens is 204 g/mol. The van der Waals surface area contributed by atoms with Crippen molar-refractivity contribution in [2.75, 3.05) is 17.3 Å². The number of thiol groups is 2. The molecule has 0 fully saturated rings. The van der Waals surface area contributed by atoms with Gasteiger partial charge in [-0.2, -0.15) is 37.0 Å². The molecule has 0 heterocycles. The van der Waals surface area contributed by atoms with Crippen LogP contribution in [0.4, 0.5) is 0 Å². The summed E-state index contributed by atoms with van der Waals surface area (Å²) < 4.78 is 0. The molecule has 0 amide bonds. The smallest absolute Gasteiger partial charge is 0.00791 e. The van der Waals surface area contributed by atoms with E-state index in [1.54, 1.807) is 0 Å². The van der Waals surface area contributed by atoms with E-state index in [2.05, 4.69) is 32.2 Å². The van der Waals surface area contributed by atoms with E-state index in [1.807, 2.05) is 11.8 Å². The first-order chi connectivity index (χ1) is 3.77. The first-order valence-corrected chi connectivity index (χ1v) is 4.94. The second-order valence-corrected chi connectivity index (χ2v) is 4.13. The first-order valence-electron chi connectivity index (χ1n) is 2.64. The topological polar surface area (TPSA) is 0 Å². The molecule has 0 saturated carbocycles. The first kappa shape index (κ1) is 29.2. The quantitative estimate of drug-likeness (QED) is 0.531. The fourth-order valence-corrected chi connectivity index (χ4v) is 1.66. The fourth-order valence-electron chi connectivity index (χ4n) is 0.318. The minimum absolute atomic E-state index is 0. The van der Waals surface area contributed by atoms with Crippen molar-refractivity contribution in [3.05, 3.63) is 0 Å². The summed E-state index contributed by atoms with van der Waals surface area (Å²) in [6.07, 6.45) is 0. The molecule has 0 aromatic rings. The van der Waals surface area contributed by atoms with Gasteiger partial charge >= 0.3 is 0 Å². The summed E-state index contributed by atoms with van der Waals surface area (Å²) >= 11 is 10.2. The third-order valence-electron chi connectivity index (χ3n) is 0.595. The minimum Gasteiger partial charge on any atom is -0.179 e. The van der Waals surface area contributed by atoms with Crippen LogP contribution in [0, 0.1) is 0 Å². The van der Waals surface area contributed by atoms with Gasteiger partial charge in [0.2, 0.25) is 0 Å². The van der Waals surface area contributed by atoms with E-state index in [9.17, 15) is 0 Å². The van der Waals surface area contributed by atoms with Gasteiger partial charge in [0.1, 0.15) is 0 Å². The third-order valence-corrected chi connectivity index (χ3v) is 2.78. The van der Waals surface area contributed by atoms with Crippen molar-refractivity contribution >= 4 is 37.0 Å². The summed E-state index contributed by atoms with van der Waals surface area (Å²) in [7, 11) is 0. The Morgan fingerprint density at radius 3 is 1.83 bits per heavy atom. The lowest BCUT2D eigenvalue weighted by molar-refractivity contribution is 1.14. The van der Waals surface area contributed by atoms with E-state index in [0.29, 0.717) is 5.25 Å². The van der Waals surface area contributed by atoms with Crippen LogP contribution < -0.4 is 0 Å².